The Morgan fingerprint density at radius 3 is 2.68 bits per heavy atom. The number of aromatic nitrogens is 2. The van der Waals surface area contributed by atoms with Crippen LogP contribution in [0.4, 0.5) is 0 Å². The molecule has 2 N–H and O–H groups in total. The number of halogens is 1. The largest absolute Gasteiger partial charge is 0.336 e. The zero-order valence-electron chi connectivity index (χ0n) is 13.7. The molecule has 0 aromatic carbocycles. The highest BCUT2D eigenvalue weighted by Crippen LogP contribution is 2.27. The number of nitrogens with zero attached hydrogens (tertiary/aromatic N) is 4. The van der Waals surface area contributed by atoms with Crippen LogP contribution in [0.15, 0.2) is 0 Å². The Kier molecular flexibility index (Phi) is 5.83. The average molecular weight is 328 g/mol. The van der Waals surface area contributed by atoms with Gasteiger partial charge in [0, 0.05) is 38.6 Å². The Morgan fingerprint density at radius 1 is 1.36 bits per heavy atom. The van der Waals surface area contributed by atoms with E-state index in [1.807, 2.05) is 18.5 Å². The first-order valence-electron chi connectivity index (χ1n) is 8.03. The topological polar surface area (TPSA) is 67.4 Å². The normalized spacial score (nSPS) is 18.9. The van der Waals surface area contributed by atoms with Gasteiger partial charge in [0.05, 0.1) is 10.7 Å². The molecule has 6 nitrogen and oxygen atoms in total. The van der Waals surface area contributed by atoms with Crippen molar-refractivity contribution in [2.24, 2.45) is 11.7 Å². The maximum absolute atomic E-state index is 12.4. The number of fused-ring (bicyclic) bond motifs is 1. The third kappa shape index (κ3) is 3.29. The minimum Gasteiger partial charge on any atom is -0.336 e. The van der Waals surface area contributed by atoms with Crippen molar-refractivity contribution in [2.45, 2.75) is 33.4 Å². The van der Waals surface area contributed by atoms with Gasteiger partial charge < -0.3 is 15.5 Å². The molecule has 7 heteroatoms. The molecule has 1 aromatic heterocycles. The summed E-state index contributed by atoms with van der Waals surface area (Å²) in [7, 11) is 2.06. The van der Waals surface area contributed by atoms with E-state index in [-0.39, 0.29) is 5.91 Å². The van der Waals surface area contributed by atoms with Gasteiger partial charge in [-0.2, -0.15) is 5.10 Å². The van der Waals surface area contributed by atoms with Crippen molar-refractivity contribution in [1.82, 2.24) is 19.6 Å². The van der Waals surface area contributed by atoms with Gasteiger partial charge in [-0.1, -0.05) is 25.4 Å². The molecule has 0 spiro atoms. The zero-order valence-corrected chi connectivity index (χ0v) is 14.4. The van der Waals surface area contributed by atoms with Crippen molar-refractivity contribution >= 4 is 17.5 Å². The van der Waals surface area contributed by atoms with Crippen LogP contribution in [-0.2, 0) is 13.1 Å². The Labute approximate surface area is 137 Å². The molecule has 0 radical (unpaired) electrons. The molecule has 0 atom stereocenters. The number of likely N-dealkylation sites (tertiary alicyclic amines) is 1. The summed E-state index contributed by atoms with van der Waals surface area (Å²) in [6.45, 7) is 8.64. The number of hydrogen-bond acceptors (Lipinski definition) is 4. The predicted molar refractivity (Wildman–Crippen MR) is 88.0 cm³/mol. The van der Waals surface area contributed by atoms with Gasteiger partial charge in [0.2, 0.25) is 0 Å². The Bertz CT molecular complexity index is 524. The van der Waals surface area contributed by atoms with Crippen molar-refractivity contribution in [1.29, 1.82) is 0 Å². The van der Waals surface area contributed by atoms with E-state index in [0.717, 1.165) is 31.7 Å². The standard InChI is InChI=1S/C13H20ClN5O.C2H6/c1-17-3-2-4-19-10(8-17)11(14)12(16-19)13(20)18-6-9(5-15)7-18;1-2/h9H,2-8,15H2,1H3;1-2H3. The Balaban J connectivity index is 0.000000847. The molecule has 1 saturated heterocycles. The molecule has 1 fully saturated rings. The molecule has 0 saturated carbocycles. The molecule has 0 unspecified atom stereocenters. The second-order valence-electron chi connectivity index (χ2n) is 5.74. The van der Waals surface area contributed by atoms with Crippen LogP contribution in [0.25, 0.3) is 0 Å². The molecule has 3 heterocycles. The van der Waals surface area contributed by atoms with Gasteiger partial charge in [-0.15, -0.1) is 0 Å². The van der Waals surface area contributed by atoms with E-state index in [1.54, 1.807) is 4.90 Å². The van der Waals surface area contributed by atoms with Crippen LogP contribution in [0, 0.1) is 5.92 Å². The lowest BCUT2D eigenvalue weighted by molar-refractivity contribution is 0.0508. The van der Waals surface area contributed by atoms with Crippen molar-refractivity contribution in [3.63, 3.8) is 0 Å². The molecule has 2 aliphatic heterocycles. The highest BCUT2D eigenvalue weighted by atomic mass is 35.5. The summed E-state index contributed by atoms with van der Waals surface area (Å²) in [6.07, 6.45) is 1.02. The number of nitrogens with two attached hydrogens (primary N) is 1. The fraction of sp³-hybridized carbons (Fsp3) is 0.733. The van der Waals surface area contributed by atoms with Crippen LogP contribution in [0.2, 0.25) is 5.02 Å². The van der Waals surface area contributed by atoms with Crippen molar-refractivity contribution in [3.8, 4) is 0 Å². The lowest BCUT2D eigenvalue weighted by Crippen LogP contribution is -2.52. The van der Waals surface area contributed by atoms with E-state index in [2.05, 4.69) is 17.0 Å². The van der Waals surface area contributed by atoms with Gasteiger partial charge in [0.1, 0.15) is 0 Å². The Morgan fingerprint density at radius 2 is 2.05 bits per heavy atom. The van der Waals surface area contributed by atoms with E-state index < -0.39 is 0 Å². The van der Waals surface area contributed by atoms with Gasteiger partial charge in [-0.3, -0.25) is 9.48 Å². The predicted octanol–water partition coefficient (Wildman–Crippen LogP) is 1.43. The van der Waals surface area contributed by atoms with E-state index in [1.165, 1.54) is 0 Å². The fourth-order valence-corrected chi connectivity index (χ4v) is 3.08. The maximum Gasteiger partial charge on any atom is 0.275 e. The van der Waals surface area contributed by atoms with Crippen molar-refractivity contribution in [3.05, 3.63) is 16.4 Å². The van der Waals surface area contributed by atoms with Gasteiger partial charge in [0.15, 0.2) is 5.69 Å². The highest BCUT2D eigenvalue weighted by Gasteiger charge is 2.34. The molecule has 1 amide bonds. The molecule has 0 bridgehead atoms. The minimum atomic E-state index is -0.0667. The van der Waals surface area contributed by atoms with Crippen LogP contribution >= 0.6 is 11.6 Å². The number of carbonyl (C=O) groups excluding carboxylic acids is 1. The summed E-state index contributed by atoms with van der Waals surface area (Å²) in [5, 5.41) is 4.95. The first-order chi connectivity index (χ1) is 10.6. The Hall–Kier alpha value is -1.11. The fourth-order valence-electron chi connectivity index (χ4n) is 2.81. The summed E-state index contributed by atoms with van der Waals surface area (Å²) in [6, 6.07) is 0. The lowest BCUT2D eigenvalue weighted by atomic mass is 10.0. The first-order valence-corrected chi connectivity index (χ1v) is 8.41. The van der Waals surface area contributed by atoms with Crippen molar-refractivity contribution in [2.75, 3.05) is 33.2 Å². The van der Waals surface area contributed by atoms with E-state index >= 15 is 0 Å². The van der Waals surface area contributed by atoms with E-state index in [4.69, 9.17) is 17.3 Å². The second kappa shape index (κ2) is 7.44. The van der Waals surface area contributed by atoms with Crippen molar-refractivity contribution < 1.29 is 4.79 Å². The number of carbonyl (C=O) groups is 1. The van der Waals surface area contributed by atoms with Gasteiger partial charge in [-0.05, 0) is 20.0 Å². The molecular formula is C15H26ClN5O. The number of hydrogen-bond donors (Lipinski definition) is 1. The molecule has 124 valence electrons. The minimum absolute atomic E-state index is 0.0667. The smallest absolute Gasteiger partial charge is 0.275 e. The van der Waals surface area contributed by atoms with Crippen LogP contribution < -0.4 is 5.73 Å². The summed E-state index contributed by atoms with van der Waals surface area (Å²) < 4.78 is 1.89. The number of aryl methyl sites for hydroxylation is 1. The third-order valence-electron chi connectivity index (χ3n) is 4.10. The second-order valence-corrected chi connectivity index (χ2v) is 6.11. The highest BCUT2D eigenvalue weighted by molar-refractivity contribution is 6.34. The van der Waals surface area contributed by atoms with Crippen LogP contribution in [0.5, 0.6) is 0 Å². The van der Waals surface area contributed by atoms with Crippen LogP contribution in [-0.4, -0.2) is 58.7 Å². The number of rotatable bonds is 2. The van der Waals surface area contributed by atoms with E-state index in [0.29, 0.717) is 36.3 Å². The summed E-state index contributed by atoms with van der Waals surface area (Å²) in [5.74, 6) is 0.354. The van der Waals surface area contributed by atoms with Crippen LogP contribution in [0.1, 0.15) is 36.5 Å². The summed E-state index contributed by atoms with van der Waals surface area (Å²) in [5.41, 5.74) is 6.93. The zero-order chi connectivity index (χ0) is 16.3. The first kappa shape index (κ1) is 17.2. The number of amides is 1. The SMILES string of the molecule is CC.CN1CCCn2nc(C(=O)N3CC(CN)C3)c(Cl)c2C1. The van der Waals surface area contributed by atoms with E-state index in [9.17, 15) is 4.79 Å². The third-order valence-corrected chi connectivity index (χ3v) is 4.50. The van der Waals surface area contributed by atoms with Gasteiger partial charge in [0.25, 0.3) is 5.91 Å². The average Bonchev–Trinajstić information content (AvgIpc) is 2.66. The quantitative estimate of drug-likeness (QED) is 0.892. The summed E-state index contributed by atoms with van der Waals surface area (Å²) >= 11 is 6.39. The molecule has 1 aromatic rings. The summed E-state index contributed by atoms with van der Waals surface area (Å²) in [4.78, 5) is 16.4. The maximum atomic E-state index is 12.4. The lowest BCUT2D eigenvalue weighted by Gasteiger charge is -2.38. The molecule has 22 heavy (non-hydrogen) atoms. The monoisotopic (exact) mass is 327 g/mol. The molecule has 3 rings (SSSR count). The van der Waals surface area contributed by atoms with Gasteiger partial charge >= 0.3 is 0 Å². The van der Waals surface area contributed by atoms with Crippen LogP contribution in [0.3, 0.4) is 0 Å². The molecule has 2 aliphatic rings. The molecular weight excluding hydrogens is 302 g/mol. The molecule has 0 aliphatic carbocycles. The van der Waals surface area contributed by atoms with Gasteiger partial charge in [-0.25, -0.2) is 0 Å².